The molecular formula is C19H18F3N3O. The molecular weight excluding hydrogens is 343 g/mol. The van der Waals surface area contributed by atoms with Gasteiger partial charge in [-0.25, -0.2) is 0 Å². The molecule has 0 aliphatic carbocycles. The molecule has 0 saturated carbocycles. The van der Waals surface area contributed by atoms with Crippen molar-refractivity contribution in [3.8, 4) is 6.07 Å². The molecule has 0 heterocycles. The highest BCUT2D eigenvalue weighted by atomic mass is 19.4. The van der Waals surface area contributed by atoms with E-state index < -0.39 is 23.1 Å². The van der Waals surface area contributed by atoms with E-state index in [-0.39, 0.29) is 11.1 Å². The first-order valence-corrected chi connectivity index (χ1v) is 8.07. The number of carbonyl (C=O) groups is 1. The van der Waals surface area contributed by atoms with Gasteiger partial charge in [0.2, 0.25) is 0 Å². The van der Waals surface area contributed by atoms with Gasteiger partial charge in [0.15, 0.2) is 5.78 Å². The van der Waals surface area contributed by atoms with Crippen molar-refractivity contribution in [2.24, 2.45) is 0 Å². The second-order valence-corrected chi connectivity index (χ2v) is 5.78. The van der Waals surface area contributed by atoms with Crippen molar-refractivity contribution in [2.75, 3.05) is 17.6 Å². The van der Waals surface area contributed by atoms with Gasteiger partial charge in [0.1, 0.15) is 0 Å². The van der Waals surface area contributed by atoms with Gasteiger partial charge in [0, 0.05) is 17.7 Å². The van der Waals surface area contributed by atoms with Crippen LogP contribution in [-0.2, 0) is 6.18 Å². The maximum Gasteiger partial charge on any atom is 0.417 e. The highest BCUT2D eigenvalue weighted by molar-refractivity contribution is 6.10. The van der Waals surface area contributed by atoms with Gasteiger partial charge < -0.3 is 11.1 Å². The Hall–Kier alpha value is -3.01. The lowest BCUT2D eigenvalue weighted by molar-refractivity contribution is -0.137. The number of nitrogen functional groups attached to an aromatic ring is 1. The SMILES string of the molecule is CCCCNc1ccc(C(=O)c2ccc(C#N)c(C(F)(F)F)c2)cc1N. The number of hydrogen-bond acceptors (Lipinski definition) is 4. The van der Waals surface area contributed by atoms with Crippen molar-refractivity contribution >= 4 is 17.2 Å². The van der Waals surface area contributed by atoms with E-state index in [2.05, 4.69) is 12.2 Å². The first kappa shape index (κ1) is 19.3. The normalized spacial score (nSPS) is 11.0. The molecule has 0 spiro atoms. The summed E-state index contributed by atoms with van der Waals surface area (Å²) in [5.74, 6) is -0.591. The molecule has 0 saturated heterocycles. The highest BCUT2D eigenvalue weighted by Crippen LogP contribution is 2.33. The number of ketones is 1. The molecule has 136 valence electrons. The predicted octanol–water partition coefficient (Wildman–Crippen LogP) is 4.60. The number of rotatable bonds is 6. The monoisotopic (exact) mass is 361 g/mol. The Morgan fingerprint density at radius 2 is 1.85 bits per heavy atom. The van der Waals surface area contributed by atoms with E-state index >= 15 is 0 Å². The number of nitrogens with one attached hydrogen (secondary N) is 1. The molecule has 0 unspecified atom stereocenters. The fourth-order valence-corrected chi connectivity index (χ4v) is 2.45. The van der Waals surface area contributed by atoms with E-state index in [9.17, 15) is 18.0 Å². The molecule has 2 rings (SSSR count). The van der Waals surface area contributed by atoms with Crippen LogP contribution in [0, 0.1) is 11.3 Å². The van der Waals surface area contributed by atoms with Crippen molar-refractivity contribution in [1.29, 1.82) is 5.26 Å². The zero-order chi connectivity index (χ0) is 19.3. The predicted molar refractivity (Wildman–Crippen MR) is 93.8 cm³/mol. The number of hydrogen-bond donors (Lipinski definition) is 2. The Labute approximate surface area is 149 Å². The quantitative estimate of drug-likeness (QED) is 0.448. The van der Waals surface area contributed by atoms with Crippen LogP contribution in [0.1, 0.15) is 46.8 Å². The molecule has 0 radical (unpaired) electrons. The van der Waals surface area contributed by atoms with E-state index in [0.29, 0.717) is 17.4 Å². The molecule has 2 aromatic rings. The van der Waals surface area contributed by atoms with Crippen molar-refractivity contribution in [3.63, 3.8) is 0 Å². The maximum absolute atomic E-state index is 13.1. The van der Waals surface area contributed by atoms with Crippen LogP contribution in [0.3, 0.4) is 0 Å². The molecule has 0 fully saturated rings. The fraction of sp³-hybridized carbons (Fsp3) is 0.263. The summed E-state index contributed by atoms with van der Waals surface area (Å²) in [6, 6.07) is 8.97. The molecule has 0 aliphatic heterocycles. The number of anilines is 2. The van der Waals surface area contributed by atoms with E-state index in [1.165, 1.54) is 24.3 Å². The summed E-state index contributed by atoms with van der Waals surface area (Å²) in [7, 11) is 0. The standard InChI is InChI=1S/C19H18F3N3O/c1-2-3-8-25-17-7-6-13(10-16(17)24)18(26)12-4-5-14(11-23)15(9-12)19(20,21)22/h4-7,9-10,25H,2-3,8,24H2,1H3. The van der Waals surface area contributed by atoms with Gasteiger partial charge in [0.05, 0.1) is 28.6 Å². The zero-order valence-corrected chi connectivity index (χ0v) is 14.2. The van der Waals surface area contributed by atoms with Gasteiger partial charge in [0.25, 0.3) is 0 Å². The highest BCUT2D eigenvalue weighted by Gasteiger charge is 2.34. The lowest BCUT2D eigenvalue weighted by atomic mass is 9.97. The zero-order valence-electron chi connectivity index (χ0n) is 14.2. The molecule has 0 bridgehead atoms. The third-order valence-electron chi connectivity index (χ3n) is 3.87. The molecule has 0 aromatic heterocycles. The second kappa shape index (κ2) is 7.91. The van der Waals surface area contributed by atoms with Crippen LogP contribution < -0.4 is 11.1 Å². The Balaban J connectivity index is 2.32. The number of nitriles is 1. The van der Waals surface area contributed by atoms with Gasteiger partial charge in [-0.05, 0) is 42.8 Å². The lowest BCUT2D eigenvalue weighted by Gasteiger charge is -2.12. The number of nitrogens with two attached hydrogens (primary N) is 1. The van der Waals surface area contributed by atoms with Crippen LogP contribution in [0.2, 0.25) is 0 Å². The molecule has 0 amide bonds. The summed E-state index contributed by atoms with van der Waals surface area (Å²) in [6.45, 7) is 2.79. The van der Waals surface area contributed by atoms with E-state index in [0.717, 1.165) is 25.5 Å². The average molecular weight is 361 g/mol. The summed E-state index contributed by atoms with van der Waals surface area (Å²) in [5, 5.41) is 12.0. The van der Waals surface area contributed by atoms with Gasteiger partial charge in [-0.3, -0.25) is 4.79 Å². The summed E-state index contributed by atoms with van der Waals surface area (Å²) in [6.07, 6.45) is -2.73. The molecule has 0 aliphatic rings. The number of halogens is 3. The van der Waals surface area contributed by atoms with Gasteiger partial charge in [-0.2, -0.15) is 18.4 Å². The number of benzene rings is 2. The Kier molecular flexibility index (Phi) is 5.88. The van der Waals surface area contributed by atoms with E-state index in [1.807, 2.05) is 0 Å². The van der Waals surface area contributed by atoms with Crippen LogP contribution in [-0.4, -0.2) is 12.3 Å². The Bertz CT molecular complexity index is 854. The minimum absolute atomic E-state index is 0.151. The minimum atomic E-state index is -4.71. The Morgan fingerprint density at radius 3 is 2.42 bits per heavy atom. The molecule has 3 N–H and O–H groups in total. The molecule has 0 atom stereocenters. The Morgan fingerprint density at radius 1 is 1.19 bits per heavy atom. The maximum atomic E-state index is 13.1. The molecule has 26 heavy (non-hydrogen) atoms. The minimum Gasteiger partial charge on any atom is -0.397 e. The lowest BCUT2D eigenvalue weighted by Crippen LogP contribution is -2.11. The van der Waals surface area contributed by atoms with Crippen LogP contribution in [0.15, 0.2) is 36.4 Å². The van der Waals surface area contributed by atoms with Crippen LogP contribution in [0.4, 0.5) is 24.5 Å². The summed E-state index contributed by atoms with van der Waals surface area (Å²) >= 11 is 0. The number of unbranched alkanes of at least 4 members (excludes halogenated alkanes) is 1. The number of alkyl halides is 3. The summed E-state index contributed by atoms with van der Waals surface area (Å²) in [5.41, 5.74) is 5.32. The largest absolute Gasteiger partial charge is 0.417 e. The smallest absolute Gasteiger partial charge is 0.397 e. The van der Waals surface area contributed by atoms with Crippen molar-refractivity contribution in [2.45, 2.75) is 25.9 Å². The van der Waals surface area contributed by atoms with E-state index in [4.69, 9.17) is 11.0 Å². The van der Waals surface area contributed by atoms with Crippen molar-refractivity contribution in [3.05, 3.63) is 58.7 Å². The second-order valence-electron chi connectivity index (χ2n) is 5.78. The first-order chi connectivity index (χ1) is 12.3. The topological polar surface area (TPSA) is 78.9 Å². The molecule has 4 nitrogen and oxygen atoms in total. The average Bonchev–Trinajstić information content (AvgIpc) is 2.61. The van der Waals surface area contributed by atoms with Crippen LogP contribution in [0.25, 0.3) is 0 Å². The van der Waals surface area contributed by atoms with E-state index in [1.54, 1.807) is 6.07 Å². The van der Waals surface area contributed by atoms with Gasteiger partial charge >= 0.3 is 6.18 Å². The summed E-state index contributed by atoms with van der Waals surface area (Å²) in [4.78, 5) is 12.5. The van der Waals surface area contributed by atoms with Gasteiger partial charge in [-0.15, -0.1) is 0 Å². The molecule has 7 heteroatoms. The first-order valence-electron chi connectivity index (χ1n) is 8.07. The third-order valence-corrected chi connectivity index (χ3v) is 3.87. The van der Waals surface area contributed by atoms with Crippen LogP contribution in [0.5, 0.6) is 0 Å². The third kappa shape index (κ3) is 4.33. The molecule has 2 aromatic carbocycles. The van der Waals surface area contributed by atoms with Crippen molar-refractivity contribution < 1.29 is 18.0 Å². The van der Waals surface area contributed by atoms with Crippen molar-refractivity contribution in [1.82, 2.24) is 0 Å². The van der Waals surface area contributed by atoms with Crippen LogP contribution >= 0.6 is 0 Å². The number of nitrogens with zero attached hydrogens (tertiary/aromatic N) is 1. The number of carbonyl (C=O) groups excluding carboxylic acids is 1. The fourth-order valence-electron chi connectivity index (χ4n) is 2.45. The van der Waals surface area contributed by atoms with Gasteiger partial charge in [-0.1, -0.05) is 13.3 Å². The summed E-state index contributed by atoms with van der Waals surface area (Å²) < 4.78 is 39.2.